The maximum absolute atomic E-state index is 12.0. The van der Waals surface area contributed by atoms with Crippen LogP contribution in [0.2, 0.25) is 0 Å². The minimum absolute atomic E-state index is 0.110. The predicted octanol–water partition coefficient (Wildman–Crippen LogP) is 1.97. The molecule has 0 bridgehead atoms. The zero-order chi connectivity index (χ0) is 16.0. The molecule has 0 aromatic heterocycles. The van der Waals surface area contributed by atoms with Crippen molar-refractivity contribution in [3.05, 3.63) is 18.2 Å². The van der Waals surface area contributed by atoms with Gasteiger partial charge in [0.2, 0.25) is 11.8 Å². The van der Waals surface area contributed by atoms with E-state index in [1.807, 2.05) is 20.8 Å². The molecule has 0 heterocycles. The highest BCUT2D eigenvalue weighted by molar-refractivity contribution is 5.97. The van der Waals surface area contributed by atoms with Gasteiger partial charge in [-0.3, -0.25) is 9.59 Å². The Bertz CT molecular complexity index is 521. The molecule has 0 fully saturated rings. The number of hydrogen-bond donors (Lipinski definition) is 3. The summed E-state index contributed by atoms with van der Waals surface area (Å²) in [7, 11) is 1.51. The molecule has 0 spiro atoms. The van der Waals surface area contributed by atoms with E-state index in [1.54, 1.807) is 18.2 Å². The van der Waals surface area contributed by atoms with E-state index in [2.05, 4.69) is 10.6 Å². The van der Waals surface area contributed by atoms with Crippen LogP contribution in [0.3, 0.4) is 0 Å². The first-order chi connectivity index (χ1) is 9.77. The predicted molar refractivity (Wildman–Crippen MR) is 83.4 cm³/mol. The SMILES string of the molecule is COc1cc(NC(=O)CCN)ccc1NC(=O)C(C)(C)C. The van der Waals surface area contributed by atoms with E-state index in [1.165, 1.54) is 7.11 Å². The number of amides is 2. The topological polar surface area (TPSA) is 93.4 Å². The van der Waals surface area contributed by atoms with Gasteiger partial charge in [0.15, 0.2) is 0 Å². The Balaban J connectivity index is 2.89. The van der Waals surface area contributed by atoms with Gasteiger partial charge in [-0.1, -0.05) is 20.8 Å². The summed E-state index contributed by atoms with van der Waals surface area (Å²) >= 11 is 0. The number of benzene rings is 1. The molecule has 1 rings (SSSR count). The van der Waals surface area contributed by atoms with Crippen molar-refractivity contribution in [2.75, 3.05) is 24.3 Å². The lowest BCUT2D eigenvalue weighted by molar-refractivity contribution is -0.123. The maximum Gasteiger partial charge on any atom is 0.229 e. The Hall–Kier alpha value is -2.08. The Morgan fingerprint density at radius 3 is 2.43 bits per heavy atom. The minimum atomic E-state index is -0.501. The first-order valence-corrected chi connectivity index (χ1v) is 6.77. The molecule has 0 aliphatic carbocycles. The van der Waals surface area contributed by atoms with Crippen molar-refractivity contribution in [1.82, 2.24) is 0 Å². The lowest BCUT2D eigenvalue weighted by Gasteiger charge is -2.19. The van der Waals surface area contributed by atoms with Gasteiger partial charge < -0.3 is 21.1 Å². The number of methoxy groups -OCH3 is 1. The molecular formula is C15H23N3O3. The first kappa shape index (κ1) is 17.0. The number of anilines is 2. The third-order valence-electron chi connectivity index (χ3n) is 2.79. The van der Waals surface area contributed by atoms with Crippen molar-refractivity contribution in [3.63, 3.8) is 0 Å². The average molecular weight is 293 g/mol. The maximum atomic E-state index is 12.0. The first-order valence-electron chi connectivity index (χ1n) is 6.77. The van der Waals surface area contributed by atoms with Crippen LogP contribution in [-0.4, -0.2) is 25.5 Å². The zero-order valence-corrected chi connectivity index (χ0v) is 12.9. The third-order valence-corrected chi connectivity index (χ3v) is 2.79. The van der Waals surface area contributed by atoms with E-state index in [0.29, 0.717) is 23.7 Å². The second-order valence-corrected chi connectivity index (χ2v) is 5.71. The number of rotatable bonds is 5. The number of ether oxygens (including phenoxy) is 1. The van der Waals surface area contributed by atoms with E-state index < -0.39 is 5.41 Å². The lowest BCUT2D eigenvalue weighted by atomic mass is 9.95. The highest BCUT2D eigenvalue weighted by Crippen LogP contribution is 2.29. The Kier molecular flexibility index (Phi) is 5.72. The van der Waals surface area contributed by atoms with Gasteiger partial charge in [-0.25, -0.2) is 0 Å². The monoisotopic (exact) mass is 293 g/mol. The van der Waals surface area contributed by atoms with Crippen LogP contribution in [0, 0.1) is 5.41 Å². The number of carbonyl (C=O) groups excluding carboxylic acids is 2. The minimum Gasteiger partial charge on any atom is -0.494 e. The van der Waals surface area contributed by atoms with Gasteiger partial charge in [0.1, 0.15) is 5.75 Å². The lowest BCUT2D eigenvalue weighted by Crippen LogP contribution is -2.27. The molecule has 0 radical (unpaired) electrons. The molecule has 0 aliphatic rings. The molecule has 6 heteroatoms. The van der Waals surface area contributed by atoms with E-state index in [9.17, 15) is 9.59 Å². The van der Waals surface area contributed by atoms with Gasteiger partial charge >= 0.3 is 0 Å². The molecule has 116 valence electrons. The van der Waals surface area contributed by atoms with Crippen LogP contribution in [0.5, 0.6) is 5.75 Å². The summed E-state index contributed by atoms with van der Waals surface area (Å²) in [5.41, 5.74) is 5.99. The average Bonchev–Trinajstić information content (AvgIpc) is 2.39. The van der Waals surface area contributed by atoms with Gasteiger partial charge in [-0.05, 0) is 12.1 Å². The molecule has 0 unspecified atom stereocenters. The van der Waals surface area contributed by atoms with Crippen molar-refractivity contribution in [2.45, 2.75) is 27.2 Å². The van der Waals surface area contributed by atoms with Gasteiger partial charge in [0, 0.05) is 30.1 Å². The van der Waals surface area contributed by atoms with Crippen LogP contribution in [-0.2, 0) is 9.59 Å². The van der Waals surface area contributed by atoms with Gasteiger partial charge in [0.05, 0.1) is 12.8 Å². The van der Waals surface area contributed by atoms with Crippen molar-refractivity contribution in [2.24, 2.45) is 11.1 Å². The number of nitrogens with one attached hydrogen (secondary N) is 2. The van der Waals surface area contributed by atoms with E-state index in [0.717, 1.165) is 0 Å². The van der Waals surface area contributed by atoms with Crippen LogP contribution in [0.15, 0.2) is 18.2 Å². The number of carbonyl (C=O) groups is 2. The fraction of sp³-hybridized carbons (Fsp3) is 0.467. The largest absolute Gasteiger partial charge is 0.494 e. The van der Waals surface area contributed by atoms with Crippen LogP contribution < -0.4 is 21.1 Å². The molecular weight excluding hydrogens is 270 g/mol. The number of hydrogen-bond acceptors (Lipinski definition) is 4. The molecule has 0 aliphatic heterocycles. The molecule has 1 aromatic carbocycles. The molecule has 4 N–H and O–H groups in total. The van der Waals surface area contributed by atoms with Crippen molar-refractivity contribution >= 4 is 23.2 Å². The smallest absolute Gasteiger partial charge is 0.229 e. The quantitative estimate of drug-likeness (QED) is 0.773. The molecule has 1 aromatic rings. The van der Waals surface area contributed by atoms with Gasteiger partial charge in [-0.15, -0.1) is 0 Å². The van der Waals surface area contributed by atoms with E-state index in [-0.39, 0.29) is 18.2 Å². The van der Waals surface area contributed by atoms with Crippen molar-refractivity contribution < 1.29 is 14.3 Å². The van der Waals surface area contributed by atoms with Gasteiger partial charge in [-0.2, -0.15) is 0 Å². The summed E-state index contributed by atoms with van der Waals surface area (Å²) in [5.74, 6) is 0.213. The molecule has 21 heavy (non-hydrogen) atoms. The molecule has 6 nitrogen and oxygen atoms in total. The van der Waals surface area contributed by atoms with Crippen molar-refractivity contribution in [1.29, 1.82) is 0 Å². The highest BCUT2D eigenvalue weighted by atomic mass is 16.5. The second kappa shape index (κ2) is 7.08. The zero-order valence-electron chi connectivity index (χ0n) is 12.9. The third kappa shape index (κ3) is 5.07. The molecule has 0 atom stereocenters. The standard InChI is InChI=1S/C15H23N3O3/c1-15(2,3)14(20)18-11-6-5-10(9-12(11)21-4)17-13(19)7-8-16/h5-6,9H,7-8,16H2,1-4H3,(H,17,19)(H,18,20). The Morgan fingerprint density at radius 2 is 1.90 bits per heavy atom. The number of nitrogens with two attached hydrogens (primary N) is 1. The summed E-state index contributed by atoms with van der Waals surface area (Å²) in [6.45, 7) is 5.78. The van der Waals surface area contributed by atoms with Crippen molar-refractivity contribution in [3.8, 4) is 5.75 Å². The van der Waals surface area contributed by atoms with E-state index >= 15 is 0 Å². The van der Waals surface area contributed by atoms with Crippen LogP contribution in [0.4, 0.5) is 11.4 Å². The van der Waals surface area contributed by atoms with Gasteiger partial charge in [0.25, 0.3) is 0 Å². The summed E-state index contributed by atoms with van der Waals surface area (Å²) in [6.07, 6.45) is 0.255. The second-order valence-electron chi connectivity index (χ2n) is 5.71. The fourth-order valence-corrected chi connectivity index (χ4v) is 1.54. The molecule has 0 saturated heterocycles. The summed E-state index contributed by atoms with van der Waals surface area (Å²) in [6, 6.07) is 5.06. The molecule has 0 saturated carbocycles. The Morgan fingerprint density at radius 1 is 1.24 bits per heavy atom. The molecule has 2 amide bonds. The summed E-state index contributed by atoms with van der Waals surface area (Å²) in [4.78, 5) is 23.5. The summed E-state index contributed by atoms with van der Waals surface area (Å²) in [5, 5.41) is 5.53. The van der Waals surface area contributed by atoms with Crippen LogP contribution in [0.1, 0.15) is 27.2 Å². The summed E-state index contributed by atoms with van der Waals surface area (Å²) < 4.78 is 5.25. The van der Waals surface area contributed by atoms with E-state index in [4.69, 9.17) is 10.5 Å². The highest BCUT2D eigenvalue weighted by Gasteiger charge is 2.22. The fourth-order valence-electron chi connectivity index (χ4n) is 1.54. The Labute approximate surface area is 125 Å². The normalized spacial score (nSPS) is 10.9. The van der Waals surface area contributed by atoms with Crippen LogP contribution in [0.25, 0.3) is 0 Å². The van der Waals surface area contributed by atoms with Crippen LogP contribution >= 0.6 is 0 Å².